The number of benzene rings is 1. The Morgan fingerprint density at radius 1 is 1.18 bits per heavy atom. The van der Waals surface area contributed by atoms with E-state index in [2.05, 4.69) is 60.1 Å². The van der Waals surface area contributed by atoms with Crippen LogP contribution in [0.25, 0.3) is 0 Å². The van der Waals surface area contributed by atoms with Crippen LogP contribution in [0.2, 0.25) is 0 Å². The van der Waals surface area contributed by atoms with Crippen molar-refractivity contribution in [3.05, 3.63) is 101 Å². The van der Waals surface area contributed by atoms with Gasteiger partial charge in [0.1, 0.15) is 0 Å². The molecule has 2 aromatic rings. The summed E-state index contributed by atoms with van der Waals surface area (Å²) in [7, 11) is 1.63. The van der Waals surface area contributed by atoms with Crippen molar-refractivity contribution in [2.75, 3.05) is 32.1 Å². The smallest absolute Gasteiger partial charge is 0.251 e. The van der Waals surface area contributed by atoms with Gasteiger partial charge in [-0.05, 0) is 75.9 Å². The van der Waals surface area contributed by atoms with Crippen LogP contribution in [0.4, 0.5) is 5.69 Å². The average Bonchev–Trinajstić information content (AvgIpc) is 3.05. The molecule has 3 unspecified atom stereocenters. The maximum Gasteiger partial charge on any atom is 0.251 e. The first-order valence-electron chi connectivity index (χ1n) is 14.4. The molecule has 0 saturated heterocycles. The molecule has 0 saturated carbocycles. The molecule has 1 aliphatic rings. The molecule has 3 rings (SSSR count). The molecule has 44 heavy (non-hydrogen) atoms. The van der Waals surface area contributed by atoms with Crippen LogP contribution in [0, 0.1) is 29.9 Å². The molecule has 0 spiro atoms. The first-order valence-corrected chi connectivity index (χ1v) is 14.7. The fourth-order valence-electron chi connectivity index (χ4n) is 4.11. The van der Waals surface area contributed by atoms with E-state index in [1.54, 1.807) is 14.0 Å². The normalized spacial score (nSPS) is 16.6. The Labute approximate surface area is 267 Å². The lowest BCUT2D eigenvalue weighted by molar-refractivity contribution is -0.131. The fourth-order valence-corrected chi connectivity index (χ4v) is 4.11. The molecule has 2 amide bonds. The molecule has 0 bridgehead atoms. The number of amides is 2. The number of aliphatic hydroxyl groups excluding tert-OH is 2. The Kier molecular flexibility index (Phi) is 18.6. The number of carbonyl (C=O) groups is 2. The van der Waals surface area contributed by atoms with Crippen molar-refractivity contribution in [1.82, 2.24) is 10.2 Å². The van der Waals surface area contributed by atoms with Crippen molar-refractivity contribution in [2.24, 2.45) is 5.92 Å². The molecule has 234 valence electrons. The maximum absolute atomic E-state index is 12.5. The van der Waals surface area contributed by atoms with Gasteiger partial charge in [-0.2, -0.15) is 4.21 Å². The van der Waals surface area contributed by atoms with E-state index < -0.39 is 6.10 Å². The van der Waals surface area contributed by atoms with Crippen molar-refractivity contribution < 1.29 is 24.0 Å². The minimum atomic E-state index is -0.924. The largest absolute Gasteiger partial charge is 0.394 e. The zero-order valence-corrected chi connectivity index (χ0v) is 26.9. The Hall–Kier alpha value is -4.12. The van der Waals surface area contributed by atoms with Crippen LogP contribution in [-0.2, 0) is 22.1 Å². The maximum atomic E-state index is 12.5. The van der Waals surface area contributed by atoms with Gasteiger partial charge < -0.3 is 25.7 Å². The third kappa shape index (κ3) is 14.4. The van der Waals surface area contributed by atoms with Gasteiger partial charge in [0.05, 0.1) is 12.7 Å². The topological polar surface area (TPSA) is 119 Å². The number of likely N-dealkylation sites (N-methyl/N-ethyl adjacent to an activating group) is 1. The van der Waals surface area contributed by atoms with E-state index in [4.69, 9.17) is 9.32 Å². The van der Waals surface area contributed by atoms with Crippen LogP contribution < -0.4 is 10.6 Å². The second kappa shape index (κ2) is 21.6. The number of nitrogens with one attached hydrogen (secondary N) is 2. The SMILES string of the molecule is C/C=C\C(C)=C(/C)C(=O)Nc1cccc(C#CC2=CC(CCC(=O)N(C)CC(O)CO)CNC2C)c1.O=S.c1ccccc#1. The van der Waals surface area contributed by atoms with Crippen molar-refractivity contribution in [2.45, 2.75) is 52.7 Å². The highest BCUT2D eigenvalue weighted by Gasteiger charge is 2.20. The number of hydrogen-bond donors (Lipinski definition) is 4. The Bertz CT molecular complexity index is 1300. The summed E-state index contributed by atoms with van der Waals surface area (Å²) in [5.74, 6) is 6.43. The molecule has 1 aliphatic heterocycles. The van der Waals surface area contributed by atoms with Gasteiger partial charge in [-0.25, -0.2) is 0 Å². The number of hydrogen-bond acceptors (Lipinski definition) is 7. The number of anilines is 1. The molecule has 0 aromatic heterocycles. The van der Waals surface area contributed by atoms with Crippen molar-refractivity contribution in [3.63, 3.8) is 0 Å². The molecule has 1 heterocycles. The minimum Gasteiger partial charge on any atom is -0.394 e. The van der Waals surface area contributed by atoms with Gasteiger partial charge in [-0.1, -0.05) is 60.4 Å². The van der Waals surface area contributed by atoms with Crippen LogP contribution in [-0.4, -0.2) is 70.0 Å². The Balaban J connectivity index is 0.00000106. The molecule has 3 atom stereocenters. The highest BCUT2D eigenvalue weighted by molar-refractivity contribution is 7.44. The molecule has 0 radical (unpaired) electrons. The quantitative estimate of drug-likeness (QED) is 0.191. The van der Waals surface area contributed by atoms with Gasteiger partial charge in [0.2, 0.25) is 5.91 Å². The summed E-state index contributed by atoms with van der Waals surface area (Å²) in [5.41, 5.74) is 4.04. The van der Waals surface area contributed by atoms with Gasteiger partial charge in [0.25, 0.3) is 5.91 Å². The standard InChI is InChI=1S/C29H39N3O4.C6H4.OS/c1-6-8-20(2)21(3)29(36)31-26-10-7-9-23(16-26)11-13-25-15-24(17-30-22(25)4)12-14-28(35)32(5)18-27(34)19-33;1-2-4-6-5-3-1;1-2/h6-10,15-16,22,24,27,30,33-34H,12,14,17-19H2,1-5H3,(H,31,36);1-4H;/b8-6-,21-20+;;. The van der Waals surface area contributed by atoms with Crippen molar-refractivity contribution in [1.29, 1.82) is 0 Å². The minimum absolute atomic E-state index is 0.0630. The molecule has 4 N–H and O–H groups in total. The van der Waals surface area contributed by atoms with Crippen LogP contribution in [0.15, 0.2) is 83.5 Å². The van der Waals surface area contributed by atoms with Crippen molar-refractivity contribution in [3.8, 4) is 11.8 Å². The predicted octanol–water partition coefficient (Wildman–Crippen LogP) is 3.97. The van der Waals surface area contributed by atoms with Crippen LogP contribution in [0.5, 0.6) is 0 Å². The van der Waals surface area contributed by atoms with E-state index in [0.717, 1.165) is 23.3 Å². The number of allylic oxidation sites excluding steroid dienone is 3. The summed E-state index contributed by atoms with van der Waals surface area (Å²) in [6.07, 6.45) is 6.05. The van der Waals surface area contributed by atoms with E-state index in [-0.39, 0.29) is 36.9 Å². The summed E-state index contributed by atoms with van der Waals surface area (Å²) in [6, 6.07) is 20.6. The monoisotopic (exact) mass is 617 g/mol. The molecule has 9 heteroatoms. The lowest BCUT2D eigenvalue weighted by atomic mass is 9.92. The van der Waals surface area contributed by atoms with Crippen molar-refractivity contribution >= 4 is 30.0 Å². The lowest BCUT2D eigenvalue weighted by Crippen LogP contribution is -2.38. The van der Waals surface area contributed by atoms with E-state index in [1.807, 2.05) is 74.5 Å². The van der Waals surface area contributed by atoms with E-state index >= 15 is 0 Å². The molecule has 8 nitrogen and oxygen atoms in total. The number of nitrogens with zero attached hydrogens (tertiary/aromatic N) is 1. The van der Waals surface area contributed by atoms with Gasteiger partial charge in [0.15, 0.2) is 12.5 Å². The van der Waals surface area contributed by atoms with Gasteiger partial charge in [0, 0.05) is 55.0 Å². The summed E-state index contributed by atoms with van der Waals surface area (Å²) in [6.45, 7) is 8.21. The molecule has 2 aromatic carbocycles. The van der Waals surface area contributed by atoms with E-state index in [0.29, 0.717) is 24.1 Å². The Morgan fingerprint density at radius 2 is 1.86 bits per heavy atom. The van der Waals surface area contributed by atoms with Crippen LogP contribution in [0.1, 0.15) is 46.1 Å². The second-order valence-electron chi connectivity index (χ2n) is 10.3. The molecule has 0 fully saturated rings. The van der Waals surface area contributed by atoms with E-state index in [1.165, 1.54) is 4.90 Å². The van der Waals surface area contributed by atoms with Gasteiger partial charge in [-0.3, -0.25) is 9.59 Å². The summed E-state index contributed by atoms with van der Waals surface area (Å²) in [4.78, 5) is 26.3. The summed E-state index contributed by atoms with van der Waals surface area (Å²) in [5, 5.41) is 24.9. The summed E-state index contributed by atoms with van der Waals surface area (Å²) < 4.78 is 7.83. The van der Waals surface area contributed by atoms with Crippen LogP contribution >= 0.6 is 0 Å². The zero-order valence-electron chi connectivity index (χ0n) is 26.1. The number of rotatable bonds is 9. The first-order chi connectivity index (χ1) is 21.1. The average molecular weight is 618 g/mol. The highest BCUT2D eigenvalue weighted by atomic mass is 32.1. The fraction of sp³-hybridized carbons (Fsp3) is 0.371. The number of carbonyl (C=O) groups excluding carboxylic acids is 2. The van der Waals surface area contributed by atoms with Crippen LogP contribution in [0.3, 0.4) is 0 Å². The summed E-state index contributed by atoms with van der Waals surface area (Å²) >= 11 is 2.83. The molecular formula is C35H43N3O5S. The predicted molar refractivity (Wildman–Crippen MR) is 176 cm³/mol. The number of aliphatic hydroxyl groups is 2. The van der Waals surface area contributed by atoms with Gasteiger partial charge in [-0.15, -0.1) is 0 Å². The third-order valence-electron chi connectivity index (χ3n) is 6.79. The second-order valence-corrected chi connectivity index (χ2v) is 10.3. The first kappa shape index (κ1) is 37.9. The third-order valence-corrected chi connectivity index (χ3v) is 6.79. The molecular weight excluding hydrogens is 574 g/mol. The highest BCUT2D eigenvalue weighted by Crippen LogP contribution is 2.19. The molecule has 0 aliphatic carbocycles. The van der Waals surface area contributed by atoms with Gasteiger partial charge >= 0.3 is 0 Å². The van der Waals surface area contributed by atoms with E-state index in [9.17, 15) is 14.7 Å². The lowest BCUT2D eigenvalue weighted by Gasteiger charge is -2.26. The Morgan fingerprint density at radius 3 is 2.45 bits per heavy atom. The zero-order chi connectivity index (χ0) is 32.9.